The molecule has 0 aromatic heterocycles. The van der Waals surface area contributed by atoms with Crippen LogP contribution in [-0.2, 0) is 10.8 Å². The fraction of sp³-hybridized carbons (Fsp3) is 0.185. The standard InChI is InChI=1S/C54H47N/c1-53(2)49-21-13-11-19-44(49)46-31-28-41(34-51(46)53)55(42-29-32-47-45-20-12-14-22-50(45)54(3,4)52(47)35-42)40-27-30-43(48(33-40)38-17-9-6-10-18-38)39-25-23-37(24-26-39)36-15-7-5-8-16-36/h5-13,15-21,23-25,27-35,39H,14,22,26H2,1-4H3. The van der Waals surface area contributed by atoms with Crippen molar-refractivity contribution in [2.75, 3.05) is 4.90 Å². The molecule has 1 nitrogen and oxygen atoms in total. The first-order valence-corrected chi connectivity index (χ1v) is 20.0. The number of benzene rings is 6. The molecule has 4 aliphatic carbocycles. The summed E-state index contributed by atoms with van der Waals surface area (Å²) in [6.45, 7) is 9.61. The molecule has 4 aliphatic rings. The van der Waals surface area contributed by atoms with Gasteiger partial charge in [0.15, 0.2) is 0 Å². The van der Waals surface area contributed by atoms with Crippen LogP contribution in [0.3, 0.4) is 0 Å². The van der Waals surface area contributed by atoms with Crippen LogP contribution in [0.5, 0.6) is 0 Å². The van der Waals surface area contributed by atoms with Crippen LogP contribution < -0.4 is 4.90 Å². The molecule has 0 saturated carbocycles. The summed E-state index contributed by atoms with van der Waals surface area (Å²) in [4.78, 5) is 2.52. The van der Waals surface area contributed by atoms with Crippen molar-refractivity contribution in [1.82, 2.24) is 0 Å². The summed E-state index contributed by atoms with van der Waals surface area (Å²) in [6.07, 6.45) is 15.1. The molecule has 0 amide bonds. The van der Waals surface area contributed by atoms with Crippen LogP contribution in [0.1, 0.15) is 86.3 Å². The third-order valence-corrected chi connectivity index (χ3v) is 13.0. The van der Waals surface area contributed by atoms with Gasteiger partial charge in [-0.2, -0.15) is 0 Å². The van der Waals surface area contributed by atoms with Gasteiger partial charge in [-0.15, -0.1) is 0 Å². The van der Waals surface area contributed by atoms with Crippen LogP contribution in [0.25, 0.3) is 33.4 Å². The first-order chi connectivity index (χ1) is 26.8. The Balaban J connectivity index is 1.13. The van der Waals surface area contributed by atoms with Gasteiger partial charge >= 0.3 is 0 Å². The summed E-state index contributed by atoms with van der Waals surface area (Å²) in [5.41, 5.74) is 21.2. The fourth-order valence-electron chi connectivity index (χ4n) is 10.0. The minimum absolute atomic E-state index is 0.0167. The van der Waals surface area contributed by atoms with E-state index in [1.54, 1.807) is 5.57 Å². The molecular weight excluding hydrogens is 663 g/mol. The second-order valence-electron chi connectivity index (χ2n) is 16.8. The van der Waals surface area contributed by atoms with E-state index in [2.05, 4.69) is 203 Å². The SMILES string of the molecule is CC1(C)C2=C(C=CCC2)c2ccc(N(c3ccc(C4C=CC(c5ccccc5)=CC4)c(-c4ccccc4)c3)c3ccc4c(c3)C(C)(C)c3ccccc3-4)cc21. The zero-order valence-corrected chi connectivity index (χ0v) is 32.3. The van der Waals surface area contributed by atoms with Gasteiger partial charge in [0.1, 0.15) is 0 Å². The number of fused-ring (bicyclic) bond motifs is 5. The van der Waals surface area contributed by atoms with E-state index >= 15 is 0 Å². The Kier molecular flexibility index (Phi) is 7.86. The maximum atomic E-state index is 2.52. The maximum Gasteiger partial charge on any atom is 0.0468 e. The van der Waals surface area contributed by atoms with E-state index in [9.17, 15) is 0 Å². The normalized spacial score (nSPS) is 18.3. The lowest BCUT2D eigenvalue weighted by Crippen LogP contribution is -2.19. The zero-order chi connectivity index (χ0) is 37.3. The molecule has 0 N–H and O–H groups in total. The maximum absolute atomic E-state index is 2.52. The van der Waals surface area contributed by atoms with Gasteiger partial charge in [-0.25, -0.2) is 0 Å². The predicted molar refractivity (Wildman–Crippen MR) is 233 cm³/mol. The Morgan fingerprint density at radius 2 is 1.15 bits per heavy atom. The summed E-state index contributed by atoms with van der Waals surface area (Å²) in [5.74, 6) is 0.288. The molecule has 0 radical (unpaired) electrons. The highest BCUT2D eigenvalue weighted by atomic mass is 15.1. The van der Waals surface area contributed by atoms with Gasteiger partial charge in [-0.3, -0.25) is 0 Å². The van der Waals surface area contributed by atoms with E-state index in [0.717, 1.165) is 19.3 Å². The molecule has 0 fully saturated rings. The minimum atomic E-state index is -0.0959. The Labute approximate surface area is 326 Å². The van der Waals surface area contributed by atoms with Crippen molar-refractivity contribution in [3.8, 4) is 22.3 Å². The molecule has 268 valence electrons. The van der Waals surface area contributed by atoms with Crippen molar-refractivity contribution in [1.29, 1.82) is 0 Å². The number of anilines is 3. The largest absolute Gasteiger partial charge is 0.310 e. The topological polar surface area (TPSA) is 3.24 Å². The predicted octanol–water partition coefficient (Wildman–Crippen LogP) is 14.7. The Hall–Kier alpha value is -5.92. The summed E-state index contributed by atoms with van der Waals surface area (Å²) in [7, 11) is 0. The molecule has 0 spiro atoms. The van der Waals surface area contributed by atoms with E-state index < -0.39 is 0 Å². The van der Waals surface area contributed by atoms with Crippen molar-refractivity contribution in [3.05, 3.63) is 209 Å². The first-order valence-electron chi connectivity index (χ1n) is 20.0. The minimum Gasteiger partial charge on any atom is -0.310 e. The van der Waals surface area contributed by atoms with Gasteiger partial charge in [0.2, 0.25) is 0 Å². The third-order valence-electron chi connectivity index (χ3n) is 13.0. The number of hydrogen-bond acceptors (Lipinski definition) is 1. The molecule has 1 heteroatoms. The van der Waals surface area contributed by atoms with Crippen LogP contribution in [-0.4, -0.2) is 0 Å². The zero-order valence-electron chi connectivity index (χ0n) is 32.3. The number of hydrogen-bond donors (Lipinski definition) is 0. The fourth-order valence-corrected chi connectivity index (χ4v) is 10.0. The van der Waals surface area contributed by atoms with Gasteiger partial charge < -0.3 is 4.90 Å². The van der Waals surface area contributed by atoms with Crippen LogP contribution in [0.4, 0.5) is 17.1 Å². The van der Waals surface area contributed by atoms with Crippen molar-refractivity contribution >= 4 is 28.2 Å². The van der Waals surface area contributed by atoms with E-state index in [-0.39, 0.29) is 16.7 Å². The quantitative estimate of drug-likeness (QED) is 0.166. The lowest BCUT2D eigenvalue weighted by Gasteiger charge is -2.31. The van der Waals surface area contributed by atoms with Gasteiger partial charge in [0.25, 0.3) is 0 Å². The lowest BCUT2D eigenvalue weighted by molar-refractivity contribution is 0.607. The van der Waals surface area contributed by atoms with E-state index in [1.807, 2.05) is 0 Å². The second-order valence-corrected chi connectivity index (χ2v) is 16.8. The first kappa shape index (κ1) is 33.6. The smallest absolute Gasteiger partial charge is 0.0468 e. The summed E-state index contributed by atoms with van der Waals surface area (Å²) in [6, 6.07) is 52.3. The van der Waals surface area contributed by atoms with E-state index in [4.69, 9.17) is 0 Å². The highest BCUT2D eigenvalue weighted by Gasteiger charge is 2.39. The van der Waals surface area contributed by atoms with Crippen molar-refractivity contribution < 1.29 is 0 Å². The summed E-state index contributed by atoms with van der Waals surface area (Å²) in [5, 5.41) is 0. The number of allylic oxidation sites excluding steroid dienone is 8. The molecule has 0 saturated heterocycles. The van der Waals surface area contributed by atoms with E-state index in [0.29, 0.717) is 0 Å². The van der Waals surface area contributed by atoms with Crippen LogP contribution in [0, 0.1) is 0 Å². The van der Waals surface area contributed by atoms with Crippen LogP contribution in [0.2, 0.25) is 0 Å². The molecular formula is C54H47N. The summed E-state index contributed by atoms with van der Waals surface area (Å²) < 4.78 is 0. The molecule has 10 rings (SSSR count). The van der Waals surface area contributed by atoms with Gasteiger partial charge in [-0.05, 0) is 122 Å². The van der Waals surface area contributed by atoms with Gasteiger partial charge in [0, 0.05) is 33.8 Å². The lowest BCUT2D eigenvalue weighted by atomic mass is 9.78. The Morgan fingerprint density at radius 3 is 1.87 bits per heavy atom. The van der Waals surface area contributed by atoms with Crippen molar-refractivity contribution in [2.45, 2.75) is 63.7 Å². The van der Waals surface area contributed by atoms with Gasteiger partial charge in [0.05, 0.1) is 0 Å². The average Bonchev–Trinajstić information content (AvgIpc) is 3.61. The molecule has 55 heavy (non-hydrogen) atoms. The van der Waals surface area contributed by atoms with Crippen molar-refractivity contribution in [3.63, 3.8) is 0 Å². The molecule has 0 bridgehead atoms. The summed E-state index contributed by atoms with van der Waals surface area (Å²) >= 11 is 0. The molecule has 6 aromatic carbocycles. The van der Waals surface area contributed by atoms with Crippen LogP contribution in [0.15, 0.2) is 175 Å². The average molecular weight is 710 g/mol. The molecule has 0 aliphatic heterocycles. The molecule has 6 aromatic rings. The number of nitrogens with zero attached hydrogens (tertiary/aromatic N) is 1. The highest BCUT2D eigenvalue weighted by Crippen LogP contribution is 2.54. The second kappa shape index (κ2) is 12.8. The third kappa shape index (κ3) is 5.43. The molecule has 1 unspecified atom stereocenters. The Bertz CT molecular complexity index is 2610. The number of rotatable bonds is 6. The highest BCUT2D eigenvalue weighted by molar-refractivity contribution is 5.91. The van der Waals surface area contributed by atoms with Crippen molar-refractivity contribution in [2.24, 2.45) is 0 Å². The van der Waals surface area contributed by atoms with Crippen LogP contribution >= 0.6 is 0 Å². The molecule has 1 atom stereocenters. The molecule has 0 heterocycles. The van der Waals surface area contributed by atoms with E-state index in [1.165, 1.54) is 83.8 Å². The van der Waals surface area contributed by atoms with Gasteiger partial charge in [-0.1, -0.05) is 167 Å². The Morgan fingerprint density at radius 1 is 0.527 bits per heavy atom. The monoisotopic (exact) mass is 709 g/mol.